The molecule has 0 saturated carbocycles. The maximum Gasteiger partial charge on any atom is 0.249 e. The van der Waals surface area contributed by atoms with Gasteiger partial charge in [0, 0.05) is 31.9 Å². The summed E-state index contributed by atoms with van der Waals surface area (Å²) in [6.45, 7) is 1.48. The Morgan fingerprint density at radius 1 is 1.17 bits per heavy atom. The van der Waals surface area contributed by atoms with Crippen molar-refractivity contribution in [2.24, 2.45) is 0 Å². The molecule has 3 aromatic rings. The number of rotatable bonds is 10. The molecule has 0 radical (unpaired) electrons. The zero-order valence-electron chi connectivity index (χ0n) is 19.0. The number of H-pyrrole nitrogens is 1. The number of ether oxygens (including phenoxy) is 1. The largest absolute Gasteiger partial charge is 0.471 e. The lowest BCUT2D eigenvalue weighted by molar-refractivity contribution is -0.148. The van der Waals surface area contributed by atoms with E-state index in [4.69, 9.17) is 10.5 Å². The van der Waals surface area contributed by atoms with Gasteiger partial charge in [0.05, 0.1) is 11.6 Å². The van der Waals surface area contributed by atoms with E-state index in [1.807, 2.05) is 24.3 Å². The number of aromatic nitrogens is 4. The first-order valence-electron chi connectivity index (χ1n) is 11.0. The minimum Gasteiger partial charge on any atom is -0.471 e. The Balaban J connectivity index is 1.19. The highest BCUT2D eigenvalue weighted by Crippen LogP contribution is 2.26. The van der Waals surface area contributed by atoms with Crippen molar-refractivity contribution < 1.29 is 23.9 Å². The molecule has 2 aromatic heterocycles. The first-order chi connectivity index (χ1) is 16.8. The summed E-state index contributed by atoms with van der Waals surface area (Å²) in [5, 5.41) is -0.586. The van der Waals surface area contributed by atoms with E-state index in [-0.39, 0.29) is 24.8 Å². The third kappa shape index (κ3) is 5.83. The molecule has 4 rings (SSSR count). The summed E-state index contributed by atoms with van der Waals surface area (Å²) in [6.07, 6.45) is 2.79. The van der Waals surface area contributed by atoms with E-state index in [1.54, 1.807) is 0 Å². The van der Waals surface area contributed by atoms with Gasteiger partial charge in [0.2, 0.25) is 29.5 Å². The second-order valence-electron chi connectivity index (χ2n) is 8.03. The number of imidazole rings is 1. The van der Waals surface area contributed by atoms with Crippen LogP contribution in [0.5, 0.6) is 5.88 Å². The highest BCUT2D eigenvalue weighted by Gasteiger charge is 2.41. The molecular formula is C23H24N6O5S. The first-order valence-corrected chi connectivity index (χ1v) is 12.0. The SMILES string of the molecule is CC(=O)N1C(=O)CC(SCCC(=O)CCc2ccc(COc3nc(N)nc4nc[nH]c34)cc2)C1=O. The number of Topliss-reactive ketones (excluding diaryl/α,β-unsaturated/α-hetero) is 1. The highest BCUT2D eigenvalue weighted by molar-refractivity contribution is 8.00. The quantitative estimate of drug-likeness (QED) is 0.396. The predicted molar refractivity (Wildman–Crippen MR) is 128 cm³/mol. The van der Waals surface area contributed by atoms with Gasteiger partial charge in [-0.25, -0.2) is 9.88 Å². The minimum absolute atomic E-state index is 0.00467. The molecule has 0 aliphatic carbocycles. The number of aryl methyl sites for hydroxylation is 1. The van der Waals surface area contributed by atoms with Crippen LogP contribution in [-0.4, -0.2) is 59.3 Å². The van der Waals surface area contributed by atoms with E-state index in [2.05, 4.69) is 19.9 Å². The van der Waals surface area contributed by atoms with Crippen LogP contribution in [0, 0.1) is 0 Å². The van der Waals surface area contributed by atoms with Gasteiger partial charge in [-0.2, -0.15) is 9.97 Å². The molecule has 1 unspecified atom stereocenters. The Hall–Kier alpha value is -3.80. The predicted octanol–water partition coefficient (Wildman–Crippen LogP) is 1.81. The van der Waals surface area contributed by atoms with E-state index in [1.165, 1.54) is 25.0 Å². The van der Waals surface area contributed by atoms with Crippen molar-refractivity contribution in [3.63, 3.8) is 0 Å². The zero-order valence-corrected chi connectivity index (χ0v) is 19.8. The standard InChI is InChI=1S/C23H24N6O5S/c1-13(30)29-18(32)10-17(22(29)33)35-9-8-16(31)7-6-14-2-4-15(5-3-14)11-34-21-19-20(26-12-25-19)27-23(24)28-21/h2-5,12,17H,6-11H2,1H3,(H3,24,25,26,27,28). The molecule has 12 heteroatoms. The lowest BCUT2D eigenvalue weighted by Crippen LogP contribution is -2.35. The Labute approximate surface area is 204 Å². The van der Waals surface area contributed by atoms with Gasteiger partial charge >= 0.3 is 0 Å². The number of imide groups is 3. The number of nitrogen functional groups attached to an aromatic ring is 1. The molecule has 3 heterocycles. The first kappa shape index (κ1) is 24.3. The third-order valence-electron chi connectivity index (χ3n) is 5.48. The molecule has 0 bridgehead atoms. The van der Waals surface area contributed by atoms with Crippen LogP contribution in [0.2, 0.25) is 0 Å². The number of hydrogen-bond donors (Lipinski definition) is 2. The fourth-order valence-electron chi connectivity index (χ4n) is 3.67. The number of carbonyl (C=O) groups is 4. The number of aromatic amines is 1. The molecule has 35 heavy (non-hydrogen) atoms. The number of anilines is 1. The number of ketones is 1. The summed E-state index contributed by atoms with van der Waals surface area (Å²) in [6, 6.07) is 7.74. The van der Waals surface area contributed by atoms with Crippen molar-refractivity contribution in [3.05, 3.63) is 41.7 Å². The van der Waals surface area contributed by atoms with Crippen LogP contribution >= 0.6 is 11.8 Å². The Morgan fingerprint density at radius 2 is 1.91 bits per heavy atom. The molecular weight excluding hydrogens is 472 g/mol. The molecule has 1 aromatic carbocycles. The van der Waals surface area contributed by atoms with Gasteiger partial charge in [-0.3, -0.25) is 19.2 Å². The molecule has 1 fully saturated rings. The smallest absolute Gasteiger partial charge is 0.249 e. The van der Waals surface area contributed by atoms with E-state index in [0.29, 0.717) is 47.0 Å². The molecule has 1 aliphatic heterocycles. The topological polar surface area (TPSA) is 161 Å². The maximum atomic E-state index is 12.3. The van der Waals surface area contributed by atoms with E-state index in [9.17, 15) is 19.2 Å². The number of likely N-dealkylation sites (tertiary alicyclic amines) is 1. The van der Waals surface area contributed by atoms with Crippen molar-refractivity contribution in [3.8, 4) is 5.88 Å². The van der Waals surface area contributed by atoms with Gasteiger partial charge < -0.3 is 15.5 Å². The van der Waals surface area contributed by atoms with E-state index >= 15 is 0 Å². The molecule has 1 aliphatic rings. The lowest BCUT2D eigenvalue weighted by Gasteiger charge is -2.10. The summed E-state index contributed by atoms with van der Waals surface area (Å²) in [5.74, 6) is -0.603. The number of nitrogens with two attached hydrogens (primary N) is 1. The molecule has 3 amide bonds. The Kier molecular flexibility index (Phi) is 7.39. The average molecular weight is 497 g/mol. The van der Waals surface area contributed by atoms with Crippen molar-refractivity contribution in [2.45, 2.75) is 44.5 Å². The second kappa shape index (κ2) is 10.6. The molecule has 1 saturated heterocycles. The molecule has 11 nitrogen and oxygen atoms in total. The van der Waals surface area contributed by atoms with Crippen LogP contribution in [-0.2, 0) is 32.2 Å². The Morgan fingerprint density at radius 3 is 2.63 bits per heavy atom. The van der Waals surface area contributed by atoms with Crippen molar-refractivity contribution in [1.29, 1.82) is 0 Å². The molecule has 3 N–H and O–H groups in total. The minimum atomic E-state index is -0.586. The summed E-state index contributed by atoms with van der Waals surface area (Å²) >= 11 is 1.25. The van der Waals surface area contributed by atoms with Crippen LogP contribution in [0.3, 0.4) is 0 Å². The van der Waals surface area contributed by atoms with Crippen molar-refractivity contribution >= 4 is 52.4 Å². The maximum absolute atomic E-state index is 12.3. The number of nitrogens with one attached hydrogen (secondary N) is 1. The number of nitrogens with zero attached hydrogens (tertiary/aromatic N) is 4. The van der Waals surface area contributed by atoms with E-state index < -0.39 is 23.0 Å². The molecule has 182 valence electrons. The number of hydrogen-bond acceptors (Lipinski definition) is 10. The fourth-order valence-corrected chi connectivity index (χ4v) is 4.81. The van der Waals surface area contributed by atoms with Gasteiger partial charge in [0.25, 0.3) is 0 Å². The fraction of sp³-hybridized carbons (Fsp3) is 0.348. The average Bonchev–Trinajstić information content (AvgIpc) is 3.40. The zero-order chi connectivity index (χ0) is 24.9. The van der Waals surface area contributed by atoms with Crippen LogP contribution < -0.4 is 10.5 Å². The van der Waals surface area contributed by atoms with Gasteiger partial charge in [0.15, 0.2) is 5.65 Å². The second-order valence-corrected chi connectivity index (χ2v) is 9.34. The Bertz CT molecular complexity index is 1280. The van der Waals surface area contributed by atoms with Crippen molar-refractivity contribution in [1.82, 2.24) is 24.8 Å². The number of thioether (sulfide) groups is 1. The number of fused-ring (bicyclic) bond motifs is 1. The van der Waals surface area contributed by atoms with Gasteiger partial charge in [0.1, 0.15) is 17.9 Å². The van der Waals surface area contributed by atoms with Gasteiger partial charge in [-0.15, -0.1) is 11.8 Å². The molecule has 0 spiro atoms. The lowest BCUT2D eigenvalue weighted by atomic mass is 10.0. The van der Waals surface area contributed by atoms with Crippen LogP contribution in [0.25, 0.3) is 11.2 Å². The summed E-state index contributed by atoms with van der Waals surface area (Å²) < 4.78 is 5.78. The summed E-state index contributed by atoms with van der Waals surface area (Å²) in [4.78, 5) is 63.3. The highest BCUT2D eigenvalue weighted by atomic mass is 32.2. The third-order valence-corrected chi connectivity index (χ3v) is 6.69. The van der Waals surface area contributed by atoms with Crippen LogP contribution in [0.4, 0.5) is 5.95 Å². The van der Waals surface area contributed by atoms with E-state index in [0.717, 1.165) is 11.1 Å². The number of amides is 3. The normalized spacial score (nSPS) is 15.7. The summed E-state index contributed by atoms with van der Waals surface area (Å²) in [5.41, 5.74) is 8.65. The van der Waals surface area contributed by atoms with Crippen molar-refractivity contribution in [2.75, 3.05) is 11.5 Å². The summed E-state index contributed by atoms with van der Waals surface area (Å²) in [7, 11) is 0. The van der Waals surface area contributed by atoms with Gasteiger partial charge in [-0.1, -0.05) is 24.3 Å². The number of carbonyl (C=O) groups excluding carboxylic acids is 4. The molecule has 1 atom stereocenters. The van der Waals surface area contributed by atoms with Crippen LogP contribution in [0.15, 0.2) is 30.6 Å². The monoisotopic (exact) mass is 496 g/mol. The number of benzene rings is 1. The van der Waals surface area contributed by atoms with Gasteiger partial charge in [-0.05, 0) is 17.5 Å². The van der Waals surface area contributed by atoms with Crippen LogP contribution in [0.1, 0.15) is 37.3 Å².